The van der Waals surface area contributed by atoms with E-state index in [0.29, 0.717) is 33.8 Å². The van der Waals surface area contributed by atoms with Crippen LogP contribution in [0.4, 0.5) is 0 Å². The molecular formula is C38H40O6. The smallest absolute Gasteiger partial charge is 0.185 e. The lowest BCUT2D eigenvalue weighted by molar-refractivity contribution is -0.115. The largest absolute Gasteiger partial charge is 0.496 e. The minimum Gasteiger partial charge on any atom is -0.496 e. The molecule has 2 aromatic carbocycles. The predicted molar refractivity (Wildman–Crippen MR) is 171 cm³/mol. The third-order valence-corrected chi connectivity index (χ3v) is 8.58. The van der Waals surface area contributed by atoms with E-state index in [1.54, 1.807) is 14.2 Å². The van der Waals surface area contributed by atoms with E-state index in [2.05, 4.69) is 41.5 Å². The Hall–Kier alpha value is -4.32. The van der Waals surface area contributed by atoms with Gasteiger partial charge in [0.15, 0.2) is 23.1 Å². The first kappa shape index (κ1) is 31.1. The number of benzene rings is 2. The first-order valence-corrected chi connectivity index (χ1v) is 15.0. The normalized spacial score (nSPS) is 17.5. The molecule has 3 aliphatic rings. The van der Waals surface area contributed by atoms with E-state index in [1.165, 1.54) is 24.3 Å². The summed E-state index contributed by atoms with van der Waals surface area (Å²) in [6.07, 6.45) is 6.38. The summed E-state index contributed by atoms with van der Waals surface area (Å²) in [5, 5.41) is 0. The average Bonchev–Trinajstić information content (AvgIpc) is 2.92. The summed E-state index contributed by atoms with van der Waals surface area (Å²) in [4.78, 5) is 54.0. The molecule has 0 radical (unpaired) electrons. The van der Waals surface area contributed by atoms with Crippen molar-refractivity contribution in [2.75, 3.05) is 14.2 Å². The number of methoxy groups -OCH3 is 2. The van der Waals surface area contributed by atoms with E-state index in [0.717, 1.165) is 33.4 Å². The van der Waals surface area contributed by atoms with Crippen molar-refractivity contribution in [2.45, 2.75) is 78.1 Å². The van der Waals surface area contributed by atoms with Gasteiger partial charge in [0, 0.05) is 48.0 Å². The molecule has 0 aliphatic heterocycles. The van der Waals surface area contributed by atoms with Crippen LogP contribution in [0.15, 0.2) is 70.9 Å². The third-order valence-electron chi connectivity index (χ3n) is 8.58. The van der Waals surface area contributed by atoms with Crippen molar-refractivity contribution < 1.29 is 28.7 Å². The standard InChI is InChI=1S/C38H40O6/c1-37(2,3)29-13-25-9-21-17-31(39)19-23(33(21)41)11-27-15-30(38(4,5)6)16-28(36(27)44-8)12-24-20-32(40)18-22(34(24)42)10-26(14-29)35(25)43-7/h13-20H,9-12H2,1-8H3. The Balaban J connectivity index is 1.77. The molecule has 0 heterocycles. The van der Waals surface area contributed by atoms with Crippen LogP contribution in [0.5, 0.6) is 11.5 Å². The van der Waals surface area contributed by atoms with Gasteiger partial charge in [-0.2, -0.15) is 0 Å². The number of hydrogen-bond acceptors (Lipinski definition) is 6. The molecule has 0 saturated heterocycles. The van der Waals surface area contributed by atoms with Gasteiger partial charge in [0.25, 0.3) is 0 Å². The molecule has 2 aromatic rings. The number of Topliss-reactive ketones (excluding diaryl/α,β-unsaturated/α-hetero) is 2. The second kappa shape index (κ2) is 11.3. The van der Waals surface area contributed by atoms with Crippen molar-refractivity contribution in [2.24, 2.45) is 0 Å². The van der Waals surface area contributed by atoms with Crippen LogP contribution < -0.4 is 9.47 Å². The highest BCUT2D eigenvalue weighted by Crippen LogP contribution is 2.39. The average molecular weight is 593 g/mol. The first-order valence-electron chi connectivity index (χ1n) is 15.0. The molecular weight excluding hydrogens is 552 g/mol. The SMILES string of the molecule is COc1c2cc(C(C)(C)C)cc1CC1=CC(=O)C=C(Cc3cc(C(C)(C)C)cc(c3OC)CC3=CC(=O)C=C(C2)C3=O)C1=O. The fraction of sp³-hybridized carbons (Fsp3) is 0.368. The third kappa shape index (κ3) is 6.03. The second-order valence-electron chi connectivity index (χ2n) is 14.0. The van der Waals surface area contributed by atoms with Crippen LogP contribution in [-0.2, 0) is 55.7 Å². The Morgan fingerprint density at radius 3 is 0.932 bits per heavy atom. The number of fused-ring (bicyclic) bond motifs is 8. The molecule has 228 valence electrons. The zero-order valence-corrected chi connectivity index (χ0v) is 26.9. The minimum atomic E-state index is -0.252. The van der Waals surface area contributed by atoms with Gasteiger partial charge < -0.3 is 9.47 Å². The van der Waals surface area contributed by atoms with E-state index in [4.69, 9.17) is 9.47 Å². The quantitative estimate of drug-likeness (QED) is 0.387. The van der Waals surface area contributed by atoms with Crippen molar-refractivity contribution >= 4 is 23.1 Å². The van der Waals surface area contributed by atoms with Crippen molar-refractivity contribution in [3.63, 3.8) is 0 Å². The van der Waals surface area contributed by atoms with Gasteiger partial charge >= 0.3 is 0 Å². The lowest BCUT2D eigenvalue weighted by Crippen LogP contribution is -2.22. The number of ether oxygens (including phenoxy) is 2. The molecule has 0 N–H and O–H groups in total. The molecule has 6 nitrogen and oxygen atoms in total. The molecule has 0 unspecified atom stereocenters. The molecule has 6 heteroatoms. The summed E-state index contributed by atoms with van der Waals surface area (Å²) in [6.45, 7) is 12.5. The maximum Gasteiger partial charge on any atom is 0.185 e. The monoisotopic (exact) mass is 592 g/mol. The Bertz CT molecular complexity index is 1520. The van der Waals surface area contributed by atoms with Crippen molar-refractivity contribution in [3.8, 4) is 11.5 Å². The zero-order valence-electron chi connectivity index (χ0n) is 26.9. The zero-order chi connectivity index (χ0) is 32.1. The number of ketones is 4. The van der Waals surface area contributed by atoms with E-state index in [1.807, 2.05) is 24.3 Å². The van der Waals surface area contributed by atoms with Crippen LogP contribution in [0, 0.1) is 0 Å². The van der Waals surface area contributed by atoms with Gasteiger partial charge in [0.05, 0.1) is 14.2 Å². The fourth-order valence-electron chi connectivity index (χ4n) is 6.22. The molecule has 0 spiro atoms. The van der Waals surface area contributed by atoms with Gasteiger partial charge in [-0.1, -0.05) is 65.8 Å². The predicted octanol–water partition coefficient (Wildman–Crippen LogP) is 6.19. The molecule has 3 aliphatic carbocycles. The fourth-order valence-corrected chi connectivity index (χ4v) is 6.22. The summed E-state index contributed by atoms with van der Waals surface area (Å²) in [5.41, 5.74) is 6.01. The highest BCUT2D eigenvalue weighted by Gasteiger charge is 2.31. The van der Waals surface area contributed by atoms with Crippen LogP contribution in [0.1, 0.15) is 74.9 Å². The molecule has 0 atom stereocenters. The lowest BCUT2D eigenvalue weighted by Gasteiger charge is -2.26. The van der Waals surface area contributed by atoms with Crippen molar-refractivity contribution in [1.29, 1.82) is 0 Å². The minimum absolute atomic E-state index is 0.184. The van der Waals surface area contributed by atoms with Crippen LogP contribution in [0.25, 0.3) is 0 Å². The Kier molecular flexibility index (Phi) is 8.00. The van der Waals surface area contributed by atoms with Gasteiger partial charge in [-0.3, -0.25) is 19.2 Å². The summed E-state index contributed by atoms with van der Waals surface area (Å²) < 4.78 is 11.8. The van der Waals surface area contributed by atoms with Crippen LogP contribution >= 0.6 is 0 Å². The second-order valence-corrected chi connectivity index (χ2v) is 14.0. The summed E-state index contributed by atoms with van der Waals surface area (Å²) >= 11 is 0. The van der Waals surface area contributed by atoms with Crippen LogP contribution in [-0.4, -0.2) is 37.4 Å². The lowest BCUT2D eigenvalue weighted by atomic mass is 9.79. The summed E-state index contributed by atoms with van der Waals surface area (Å²) in [5.74, 6) is 0.246. The van der Waals surface area contributed by atoms with E-state index >= 15 is 0 Å². The van der Waals surface area contributed by atoms with Gasteiger partial charge in [-0.25, -0.2) is 0 Å². The number of carbonyl (C=O) groups is 4. The number of carbonyl (C=O) groups excluding carboxylic acids is 4. The maximum absolute atomic E-state index is 14.0. The highest BCUT2D eigenvalue weighted by atomic mass is 16.5. The first-order chi connectivity index (χ1) is 20.6. The Labute approximate surface area is 259 Å². The molecule has 0 fully saturated rings. The van der Waals surface area contributed by atoms with Crippen molar-refractivity contribution in [3.05, 3.63) is 104 Å². The van der Waals surface area contributed by atoms with Crippen LogP contribution in [0.2, 0.25) is 0 Å². The van der Waals surface area contributed by atoms with Crippen molar-refractivity contribution in [1.82, 2.24) is 0 Å². The topological polar surface area (TPSA) is 86.7 Å². The van der Waals surface area contributed by atoms with Crippen LogP contribution in [0.3, 0.4) is 0 Å². The van der Waals surface area contributed by atoms with Gasteiger partial charge in [0.1, 0.15) is 11.5 Å². The number of allylic oxidation sites excluding steroid dienone is 8. The summed E-state index contributed by atoms with van der Waals surface area (Å²) in [7, 11) is 3.12. The Morgan fingerprint density at radius 1 is 0.477 bits per heavy atom. The van der Waals surface area contributed by atoms with E-state index in [9.17, 15) is 19.2 Å². The van der Waals surface area contributed by atoms with Gasteiger partial charge in [-0.05, 0) is 68.5 Å². The maximum atomic E-state index is 14.0. The molecule has 0 aromatic heterocycles. The number of hydrogen-bond donors (Lipinski definition) is 0. The summed E-state index contributed by atoms with van der Waals surface area (Å²) in [6, 6.07) is 8.05. The molecule has 44 heavy (non-hydrogen) atoms. The molecule has 8 bridgehead atoms. The van der Waals surface area contributed by atoms with E-state index < -0.39 is 0 Å². The van der Waals surface area contributed by atoms with Gasteiger partial charge in [0.2, 0.25) is 0 Å². The van der Waals surface area contributed by atoms with E-state index in [-0.39, 0.29) is 59.6 Å². The molecule has 0 saturated carbocycles. The molecule has 0 amide bonds. The highest BCUT2D eigenvalue weighted by molar-refractivity contribution is 6.21. The number of rotatable bonds is 2. The Morgan fingerprint density at radius 2 is 0.727 bits per heavy atom. The van der Waals surface area contributed by atoms with Gasteiger partial charge in [-0.15, -0.1) is 0 Å². The molecule has 5 rings (SSSR count).